The fourth-order valence-electron chi connectivity index (χ4n) is 1.57. The lowest BCUT2D eigenvalue weighted by molar-refractivity contribution is -0.137. The molecule has 0 aliphatic carbocycles. The molecule has 0 heterocycles. The van der Waals surface area contributed by atoms with Crippen molar-refractivity contribution in [3.8, 4) is 0 Å². The molecule has 1 aromatic rings. The maximum Gasteiger partial charge on any atom is 0.416 e. The molecule has 1 aromatic carbocycles. The van der Waals surface area contributed by atoms with E-state index in [1.54, 1.807) is 0 Å². The Hall–Kier alpha value is -1.52. The summed E-state index contributed by atoms with van der Waals surface area (Å²) in [6.45, 7) is 3.24. The van der Waals surface area contributed by atoms with Crippen molar-refractivity contribution in [2.24, 2.45) is 0 Å². The van der Waals surface area contributed by atoms with E-state index in [0.717, 1.165) is 12.1 Å². The summed E-state index contributed by atoms with van der Waals surface area (Å²) in [4.78, 5) is 10.9. The Kier molecular flexibility index (Phi) is 4.15. The molecule has 1 rings (SSSR count). The quantitative estimate of drug-likeness (QED) is 0.869. The number of benzene rings is 1. The Morgan fingerprint density at radius 3 is 2.18 bits per heavy atom. The molecule has 94 valence electrons. The highest BCUT2D eigenvalue weighted by molar-refractivity contribution is 5.73. The van der Waals surface area contributed by atoms with Gasteiger partial charge in [0, 0.05) is 6.92 Å². The summed E-state index contributed by atoms with van der Waals surface area (Å²) in [6.07, 6.45) is -3.70. The highest BCUT2D eigenvalue weighted by Gasteiger charge is 2.30. The zero-order valence-corrected chi connectivity index (χ0v) is 9.64. The topological polar surface area (TPSA) is 29.1 Å². The number of hydrogen-bond donors (Lipinski definition) is 1. The fraction of sp³-hybridized carbons (Fsp3) is 0.417. The van der Waals surface area contributed by atoms with Crippen molar-refractivity contribution in [2.45, 2.75) is 32.5 Å². The van der Waals surface area contributed by atoms with Crippen LogP contribution in [0.5, 0.6) is 0 Å². The van der Waals surface area contributed by atoms with Gasteiger partial charge in [0.25, 0.3) is 0 Å². The van der Waals surface area contributed by atoms with E-state index >= 15 is 0 Å². The number of hydrogen-bond acceptors (Lipinski definition) is 1. The second-order valence-corrected chi connectivity index (χ2v) is 3.78. The zero-order valence-electron chi connectivity index (χ0n) is 9.64. The molecule has 1 unspecified atom stereocenters. The van der Waals surface area contributed by atoms with Gasteiger partial charge in [-0.3, -0.25) is 4.79 Å². The van der Waals surface area contributed by atoms with Gasteiger partial charge in [0.15, 0.2) is 0 Å². The maximum absolute atomic E-state index is 12.3. The fourth-order valence-corrected chi connectivity index (χ4v) is 1.57. The first-order chi connectivity index (χ1) is 7.84. The highest BCUT2D eigenvalue weighted by atomic mass is 19.4. The van der Waals surface area contributed by atoms with Crippen molar-refractivity contribution in [2.75, 3.05) is 0 Å². The van der Waals surface area contributed by atoms with Crippen LogP contribution in [-0.2, 0) is 11.0 Å². The Balaban J connectivity index is 2.89. The number of carbonyl (C=O) groups is 1. The van der Waals surface area contributed by atoms with E-state index in [2.05, 4.69) is 5.32 Å². The third kappa shape index (κ3) is 3.76. The van der Waals surface area contributed by atoms with E-state index < -0.39 is 11.7 Å². The Bertz CT molecular complexity index is 384. The van der Waals surface area contributed by atoms with Crippen molar-refractivity contribution >= 4 is 5.91 Å². The first kappa shape index (κ1) is 13.5. The average molecular weight is 245 g/mol. The molecule has 5 heteroatoms. The number of amides is 1. The number of alkyl halides is 3. The number of nitrogens with one attached hydrogen (secondary N) is 1. The summed E-state index contributed by atoms with van der Waals surface area (Å²) in [5, 5.41) is 2.68. The van der Waals surface area contributed by atoms with Crippen molar-refractivity contribution < 1.29 is 18.0 Å². The second kappa shape index (κ2) is 5.21. The minimum atomic E-state index is -4.33. The summed E-state index contributed by atoms with van der Waals surface area (Å²) in [5.41, 5.74) is -0.00497. The highest BCUT2D eigenvalue weighted by Crippen LogP contribution is 2.30. The van der Waals surface area contributed by atoms with Gasteiger partial charge in [0.05, 0.1) is 11.6 Å². The Labute approximate surface area is 97.8 Å². The molecule has 17 heavy (non-hydrogen) atoms. The number of carbonyl (C=O) groups excluding carboxylic acids is 1. The molecule has 0 spiro atoms. The predicted octanol–water partition coefficient (Wildman–Crippen LogP) is 3.29. The SMILES string of the molecule is CCC(NC(C)=O)c1ccc(C(F)(F)F)cc1. The van der Waals surface area contributed by atoms with Crippen LogP contribution in [0.1, 0.15) is 37.4 Å². The average Bonchev–Trinajstić information content (AvgIpc) is 2.24. The molecule has 2 nitrogen and oxygen atoms in total. The molecular weight excluding hydrogens is 231 g/mol. The van der Waals surface area contributed by atoms with Crippen molar-refractivity contribution in [1.29, 1.82) is 0 Å². The minimum Gasteiger partial charge on any atom is -0.350 e. The van der Waals surface area contributed by atoms with E-state index in [4.69, 9.17) is 0 Å². The molecule has 0 radical (unpaired) electrons. The van der Waals surface area contributed by atoms with E-state index in [1.165, 1.54) is 19.1 Å². The number of rotatable bonds is 3. The molecule has 0 aliphatic rings. The summed E-state index contributed by atoms with van der Waals surface area (Å²) in [7, 11) is 0. The molecule has 0 aromatic heterocycles. The van der Waals surface area contributed by atoms with Gasteiger partial charge in [-0.2, -0.15) is 13.2 Å². The summed E-state index contributed by atoms with van der Waals surface area (Å²) in [6, 6.07) is 4.61. The summed E-state index contributed by atoms with van der Waals surface area (Å²) >= 11 is 0. The summed E-state index contributed by atoms with van der Waals surface area (Å²) < 4.78 is 37.0. The third-order valence-corrected chi connectivity index (χ3v) is 2.43. The minimum absolute atomic E-state index is 0.197. The molecule has 0 saturated carbocycles. The predicted molar refractivity (Wildman–Crippen MR) is 58.3 cm³/mol. The molecule has 1 amide bonds. The van der Waals surface area contributed by atoms with Gasteiger partial charge in [0.1, 0.15) is 0 Å². The molecule has 0 bridgehead atoms. The van der Waals surface area contributed by atoms with Crippen molar-refractivity contribution in [3.05, 3.63) is 35.4 Å². The van der Waals surface area contributed by atoms with Crippen LogP contribution in [0.4, 0.5) is 13.2 Å². The number of halogens is 3. The first-order valence-corrected chi connectivity index (χ1v) is 5.29. The van der Waals surface area contributed by atoms with Gasteiger partial charge in [-0.15, -0.1) is 0 Å². The van der Waals surface area contributed by atoms with Crippen LogP contribution in [0, 0.1) is 0 Å². The van der Waals surface area contributed by atoms with Crippen molar-refractivity contribution in [1.82, 2.24) is 5.32 Å². The van der Waals surface area contributed by atoms with Gasteiger partial charge in [0.2, 0.25) is 5.91 Å². The summed E-state index contributed by atoms with van der Waals surface area (Å²) in [5.74, 6) is -0.197. The van der Waals surface area contributed by atoms with Crippen molar-refractivity contribution in [3.63, 3.8) is 0 Å². The molecular formula is C12H14F3NO. The molecule has 1 N–H and O–H groups in total. The lowest BCUT2D eigenvalue weighted by Crippen LogP contribution is -2.25. The monoisotopic (exact) mass is 245 g/mol. The van der Waals surface area contributed by atoms with Crippen LogP contribution in [-0.4, -0.2) is 5.91 Å². The van der Waals surface area contributed by atoms with Crippen LogP contribution < -0.4 is 5.32 Å². The standard InChI is InChI=1S/C12H14F3NO/c1-3-11(16-8(2)17)9-4-6-10(7-5-9)12(13,14)15/h4-7,11H,3H2,1-2H3,(H,16,17). The molecule has 0 saturated heterocycles. The molecule has 0 fully saturated rings. The van der Waals surface area contributed by atoms with Gasteiger partial charge in [-0.1, -0.05) is 19.1 Å². The normalized spacial score (nSPS) is 13.2. The van der Waals surface area contributed by atoms with Crippen LogP contribution in [0.2, 0.25) is 0 Å². The van der Waals surface area contributed by atoms with Gasteiger partial charge in [-0.05, 0) is 24.1 Å². The Morgan fingerprint density at radius 1 is 1.29 bits per heavy atom. The Morgan fingerprint density at radius 2 is 1.82 bits per heavy atom. The molecule has 0 aliphatic heterocycles. The first-order valence-electron chi connectivity index (χ1n) is 5.29. The van der Waals surface area contributed by atoms with Crippen LogP contribution in [0.25, 0.3) is 0 Å². The zero-order chi connectivity index (χ0) is 13.1. The van der Waals surface area contributed by atoms with Crippen LogP contribution >= 0.6 is 0 Å². The van der Waals surface area contributed by atoms with E-state index in [1.807, 2.05) is 6.92 Å². The van der Waals surface area contributed by atoms with Gasteiger partial charge >= 0.3 is 6.18 Å². The van der Waals surface area contributed by atoms with Crippen LogP contribution in [0.3, 0.4) is 0 Å². The van der Waals surface area contributed by atoms with Gasteiger partial charge in [-0.25, -0.2) is 0 Å². The van der Waals surface area contributed by atoms with E-state index in [-0.39, 0.29) is 11.9 Å². The molecule has 1 atom stereocenters. The van der Waals surface area contributed by atoms with Crippen LogP contribution in [0.15, 0.2) is 24.3 Å². The van der Waals surface area contributed by atoms with E-state index in [0.29, 0.717) is 12.0 Å². The smallest absolute Gasteiger partial charge is 0.350 e. The van der Waals surface area contributed by atoms with E-state index in [9.17, 15) is 18.0 Å². The third-order valence-electron chi connectivity index (χ3n) is 2.43. The maximum atomic E-state index is 12.3. The largest absolute Gasteiger partial charge is 0.416 e. The second-order valence-electron chi connectivity index (χ2n) is 3.78. The lowest BCUT2D eigenvalue weighted by Gasteiger charge is -2.17. The lowest BCUT2D eigenvalue weighted by atomic mass is 10.0. The van der Waals surface area contributed by atoms with Gasteiger partial charge < -0.3 is 5.32 Å².